The molecule has 0 aliphatic carbocycles. The Bertz CT molecular complexity index is 553. The van der Waals surface area contributed by atoms with Crippen LogP contribution in [0.2, 0.25) is 0 Å². The van der Waals surface area contributed by atoms with Gasteiger partial charge in [-0.25, -0.2) is 8.78 Å². The molecule has 0 saturated carbocycles. The van der Waals surface area contributed by atoms with Crippen molar-refractivity contribution in [3.8, 4) is 0 Å². The van der Waals surface area contributed by atoms with Crippen LogP contribution in [0.25, 0.3) is 0 Å². The number of nitro groups is 1. The molecule has 1 aliphatic rings. The molecule has 1 unspecified atom stereocenters. The van der Waals surface area contributed by atoms with Crippen LogP contribution >= 0.6 is 12.6 Å². The van der Waals surface area contributed by atoms with E-state index < -0.39 is 22.2 Å². The molecular formula is C11H10F2N2O3S. The third kappa shape index (κ3) is 2.53. The summed E-state index contributed by atoms with van der Waals surface area (Å²) in [5.74, 6) is -2.49. The van der Waals surface area contributed by atoms with E-state index in [1.165, 1.54) is 0 Å². The molecule has 102 valence electrons. The minimum atomic E-state index is -1.31. The maximum Gasteiger partial charge on any atom is 0.296 e. The van der Waals surface area contributed by atoms with Crippen molar-refractivity contribution in [2.45, 2.75) is 6.42 Å². The van der Waals surface area contributed by atoms with Crippen LogP contribution in [0.1, 0.15) is 6.42 Å². The van der Waals surface area contributed by atoms with E-state index in [4.69, 9.17) is 0 Å². The Hall–Kier alpha value is -1.70. The van der Waals surface area contributed by atoms with E-state index in [1.807, 2.05) is 0 Å². The standard InChI is InChI=1S/C11H10F2N2O3S/c12-7-2-9(10(15(17)18)3-8(7)13)14-4-6(5-19)1-11(14)16/h2-3,6,19H,1,4-5H2. The lowest BCUT2D eigenvalue weighted by atomic mass is 10.1. The molecule has 1 aliphatic heterocycles. The highest BCUT2D eigenvalue weighted by atomic mass is 32.1. The summed E-state index contributed by atoms with van der Waals surface area (Å²) in [6, 6.07) is 1.18. The van der Waals surface area contributed by atoms with Crippen molar-refractivity contribution in [3.05, 3.63) is 33.9 Å². The lowest BCUT2D eigenvalue weighted by Gasteiger charge is -2.16. The van der Waals surface area contributed by atoms with E-state index >= 15 is 0 Å². The van der Waals surface area contributed by atoms with Gasteiger partial charge in [-0.15, -0.1) is 0 Å². The number of amides is 1. The number of hydrogen-bond acceptors (Lipinski definition) is 4. The lowest BCUT2D eigenvalue weighted by Crippen LogP contribution is -2.25. The number of benzene rings is 1. The summed E-state index contributed by atoms with van der Waals surface area (Å²) in [5.41, 5.74) is -0.828. The second-order valence-corrected chi connectivity index (χ2v) is 4.63. The molecule has 1 atom stereocenters. The van der Waals surface area contributed by atoms with Crippen LogP contribution in [-0.4, -0.2) is 23.1 Å². The molecule has 1 aromatic rings. The minimum Gasteiger partial charge on any atom is -0.306 e. The monoisotopic (exact) mass is 288 g/mol. The number of hydrogen-bond donors (Lipinski definition) is 1. The highest BCUT2D eigenvalue weighted by Gasteiger charge is 2.34. The summed E-state index contributed by atoms with van der Waals surface area (Å²) in [6.07, 6.45) is 0.194. The Morgan fingerprint density at radius 3 is 2.58 bits per heavy atom. The minimum absolute atomic E-state index is 0.0523. The smallest absolute Gasteiger partial charge is 0.296 e. The number of nitrogens with zero attached hydrogens (tertiary/aromatic N) is 2. The Morgan fingerprint density at radius 2 is 2.05 bits per heavy atom. The SMILES string of the molecule is O=C1CC(CS)CN1c1cc(F)c(F)cc1[N+](=O)[O-]. The van der Waals surface area contributed by atoms with E-state index in [-0.39, 0.29) is 30.5 Å². The number of rotatable bonds is 3. The molecule has 1 amide bonds. The zero-order chi connectivity index (χ0) is 14.2. The van der Waals surface area contributed by atoms with Gasteiger partial charge in [-0.3, -0.25) is 14.9 Å². The van der Waals surface area contributed by atoms with Crippen LogP contribution < -0.4 is 4.90 Å². The van der Waals surface area contributed by atoms with Crippen molar-refractivity contribution in [3.63, 3.8) is 0 Å². The van der Waals surface area contributed by atoms with Crippen molar-refractivity contribution in [1.29, 1.82) is 0 Å². The van der Waals surface area contributed by atoms with Gasteiger partial charge in [0.25, 0.3) is 5.69 Å². The average Bonchev–Trinajstić information content (AvgIpc) is 2.73. The summed E-state index contributed by atoms with van der Waals surface area (Å²) < 4.78 is 26.3. The highest BCUT2D eigenvalue weighted by molar-refractivity contribution is 7.80. The van der Waals surface area contributed by atoms with Crippen molar-refractivity contribution in [2.24, 2.45) is 5.92 Å². The van der Waals surface area contributed by atoms with Gasteiger partial charge in [-0.1, -0.05) is 0 Å². The van der Waals surface area contributed by atoms with E-state index in [1.54, 1.807) is 0 Å². The first kappa shape index (κ1) is 13.7. The molecule has 0 aromatic heterocycles. The molecule has 2 rings (SSSR count). The number of halogens is 2. The number of carbonyl (C=O) groups is 1. The third-order valence-electron chi connectivity index (χ3n) is 2.97. The fourth-order valence-electron chi connectivity index (χ4n) is 2.02. The first-order valence-electron chi connectivity index (χ1n) is 5.48. The van der Waals surface area contributed by atoms with E-state index in [9.17, 15) is 23.7 Å². The molecule has 5 nitrogen and oxygen atoms in total. The Kier molecular flexibility index (Phi) is 3.70. The summed E-state index contributed by atoms with van der Waals surface area (Å²) in [6.45, 7) is 0.217. The van der Waals surface area contributed by atoms with Gasteiger partial charge in [0.15, 0.2) is 11.6 Å². The predicted octanol–water partition coefficient (Wildman–Crippen LogP) is 2.16. The Balaban J connectivity index is 2.47. The number of anilines is 1. The first-order valence-corrected chi connectivity index (χ1v) is 6.12. The van der Waals surface area contributed by atoms with Gasteiger partial charge in [-0.2, -0.15) is 12.6 Å². The van der Waals surface area contributed by atoms with Gasteiger partial charge in [0.2, 0.25) is 5.91 Å². The summed E-state index contributed by atoms with van der Waals surface area (Å²) in [4.78, 5) is 22.9. The van der Waals surface area contributed by atoms with Crippen LogP contribution in [0.3, 0.4) is 0 Å². The van der Waals surface area contributed by atoms with Gasteiger partial charge in [0.1, 0.15) is 5.69 Å². The zero-order valence-corrected chi connectivity index (χ0v) is 10.6. The van der Waals surface area contributed by atoms with Crippen LogP contribution in [-0.2, 0) is 4.79 Å². The average molecular weight is 288 g/mol. The van der Waals surface area contributed by atoms with Crippen molar-refractivity contribution in [2.75, 3.05) is 17.2 Å². The van der Waals surface area contributed by atoms with E-state index in [2.05, 4.69) is 12.6 Å². The lowest BCUT2D eigenvalue weighted by molar-refractivity contribution is -0.384. The van der Waals surface area contributed by atoms with E-state index in [0.29, 0.717) is 17.9 Å². The zero-order valence-electron chi connectivity index (χ0n) is 9.68. The molecule has 1 saturated heterocycles. The second kappa shape index (κ2) is 5.12. The van der Waals surface area contributed by atoms with Gasteiger partial charge < -0.3 is 4.90 Å². The van der Waals surface area contributed by atoms with Crippen LogP contribution in [0.15, 0.2) is 12.1 Å². The van der Waals surface area contributed by atoms with Gasteiger partial charge >= 0.3 is 0 Å². The number of thiol groups is 1. The molecule has 0 bridgehead atoms. The third-order valence-corrected chi connectivity index (χ3v) is 3.48. The predicted molar refractivity (Wildman–Crippen MR) is 67.3 cm³/mol. The fraction of sp³-hybridized carbons (Fsp3) is 0.364. The fourth-order valence-corrected chi connectivity index (χ4v) is 2.27. The van der Waals surface area contributed by atoms with Crippen molar-refractivity contribution >= 4 is 29.9 Å². The number of carbonyl (C=O) groups excluding carboxylic acids is 1. The van der Waals surface area contributed by atoms with Crippen LogP contribution in [0.5, 0.6) is 0 Å². The molecule has 0 N–H and O–H groups in total. The van der Waals surface area contributed by atoms with Crippen molar-refractivity contribution in [1.82, 2.24) is 0 Å². The maximum absolute atomic E-state index is 13.2. The van der Waals surface area contributed by atoms with Gasteiger partial charge in [-0.05, 0) is 11.7 Å². The highest BCUT2D eigenvalue weighted by Crippen LogP contribution is 2.34. The van der Waals surface area contributed by atoms with E-state index in [0.717, 1.165) is 4.90 Å². The topological polar surface area (TPSA) is 63.5 Å². The summed E-state index contributed by atoms with van der Waals surface area (Å²) in [5, 5.41) is 10.9. The molecule has 0 spiro atoms. The van der Waals surface area contributed by atoms with Crippen LogP contribution in [0.4, 0.5) is 20.2 Å². The second-order valence-electron chi connectivity index (χ2n) is 4.27. The maximum atomic E-state index is 13.2. The molecule has 8 heteroatoms. The molecule has 19 heavy (non-hydrogen) atoms. The first-order chi connectivity index (χ1) is 8.93. The van der Waals surface area contributed by atoms with Crippen LogP contribution in [0, 0.1) is 27.7 Å². The molecule has 1 aromatic carbocycles. The Morgan fingerprint density at radius 1 is 1.42 bits per heavy atom. The molecular weight excluding hydrogens is 278 g/mol. The van der Waals surface area contributed by atoms with Gasteiger partial charge in [0.05, 0.1) is 11.0 Å². The molecule has 1 heterocycles. The number of nitro benzene ring substituents is 1. The molecule has 0 radical (unpaired) electrons. The van der Waals surface area contributed by atoms with Gasteiger partial charge in [0, 0.05) is 19.0 Å². The normalized spacial score (nSPS) is 19.0. The quantitative estimate of drug-likeness (QED) is 0.526. The summed E-state index contributed by atoms with van der Waals surface area (Å²) >= 11 is 4.07. The van der Waals surface area contributed by atoms with Crippen molar-refractivity contribution < 1.29 is 18.5 Å². The largest absolute Gasteiger partial charge is 0.306 e. The Labute approximate surface area is 112 Å². The summed E-state index contributed by atoms with van der Waals surface area (Å²) in [7, 11) is 0. The molecule has 1 fully saturated rings.